The van der Waals surface area contributed by atoms with Crippen LogP contribution in [-0.2, 0) is 9.53 Å². The fourth-order valence-electron chi connectivity index (χ4n) is 1.04. The van der Waals surface area contributed by atoms with E-state index in [1.165, 1.54) is 18.2 Å². The van der Waals surface area contributed by atoms with Crippen LogP contribution in [0.25, 0.3) is 5.57 Å². The smallest absolute Gasteiger partial charge is 0.331 e. The first kappa shape index (κ1) is 11.4. The molecule has 0 radical (unpaired) electrons. The van der Waals surface area contributed by atoms with Gasteiger partial charge in [0.05, 0.1) is 18.5 Å². The van der Waals surface area contributed by atoms with Crippen LogP contribution in [0.5, 0.6) is 0 Å². The van der Waals surface area contributed by atoms with Gasteiger partial charge in [-0.2, -0.15) is 0 Å². The van der Waals surface area contributed by atoms with Gasteiger partial charge in [0.1, 0.15) is 5.82 Å². The van der Waals surface area contributed by atoms with E-state index in [2.05, 4.69) is 4.98 Å². The molecule has 1 aromatic heterocycles. The quantitative estimate of drug-likeness (QED) is 0.565. The molecule has 80 valence electrons. The van der Waals surface area contributed by atoms with E-state index >= 15 is 0 Å². The summed E-state index contributed by atoms with van der Waals surface area (Å²) in [4.78, 5) is 14.9. The Morgan fingerprint density at radius 1 is 1.60 bits per heavy atom. The van der Waals surface area contributed by atoms with Crippen LogP contribution < -0.4 is 0 Å². The summed E-state index contributed by atoms with van der Waals surface area (Å²) in [6.45, 7) is 3.79. The van der Waals surface area contributed by atoms with Gasteiger partial charge in [0.15, 0.2) is 0 Å². The number of allylic oxidation sites excluding steroid dienone is 1. The molecule has 0 fully saturated rings. The number of rotatable bonds is 3. The minimum atomic E-state index is -0.416. The highest BCUT2D eigenvalue weighted by Crippen LogP contribution is 2.10. The third-order valence-electron chi connectivity index (χ3n) is 1.75. The summed E-state index contributed by atoms with van der Waals surface area (Å²) in [6.07, 6.45) is 2.45. The first-order valence-electron chi connectivity index (χ1n) is 4.60. The second-order valence-electron chi connectivity index (χ2n) is 2.94. The largest absolute Gasteiger partial charge is 0.463 e. The molecular formula is C11H12FNO2. The van der Waals surface area contributed by atoms with Crippen molar-refractivity contribution in [1.29, 1.82) is 0 Å². The van der Waals surface area contributed by atoms with Crippen molar-refractivity contribution in [3.63, 3.8) is 0 Å². The number of nitrogens with zero attached hydrogens (tertiary/aromatic N) is 1. The topological polar surface area (TPSA) is 39.2 Å². The minimum Gasteiger partial charge on any atom is -0.463 e. The predicted molar refractivity (Wildman–Crippen MR) is 54.5 cm³/mol. The van der Waals surface area contributed by atoms with E-state index in [-0.39, 0.29) is 0 Å². The minimum absolute atomic E-state index is 0.333. The van der Waals surface area contributed by atoms with Crippen molar-refractivity contribution in [3.05, 3.63) is 35.9 Å². The van der Waals surface area contributed by atoms with E-state index in [0.717, 1.165) is 6.20 Å². The summed E-state index contributed by atoms with van der Waals surface area (Å²) >= 11 is 0. The lowest BCUT2D eigenvalue weighted by Crippen LogP contribution is -2.00. The van der Waals surface area contributed by atoms with Gasteiger partial charge in [-0.1, -0.05) is 0 Å². The zero-order chi connectivity index (χ0) is 11.3. The Labute approximate surface area is 87.6 Å². The molecule has 1 heterocycles. The molecule has 0 aromatic carbocycles. The van der Waals surface area contributed by atoms with Gasteiger partial charge in [-0.25, -0.2) is 9.18 Å². The lowest BCUT2D eigenvalue weighted by molar-refractivity contribution is -0.137. The zero-order valence-corrected chi connectivity index (χ0v) is 8.66. The van der Waals surface area contributed by atoms with E-state index in [9.17, 15) is 9.18 Å². The van der Waals surface area contributed by atoms with Crippen molar-refractivity contribution in [2.45, 2.75) is 13.8 Å². The third-order valence-corrected chi connectivity index (χ3v) is 1.75. The predicted octanol–water partition coefficient (Wildman–Crippen LogP) is 2.19. The molecule has 0 atom stereocenters. The van der Waals surface area contributed by atoms with Gasteiger partial charge >= 0.3 is 5.97 Å². The number of pyridine rings is 1. The number of carbonyl (C=O) groups is 1. The average Bonchev–Trinajstić information content (AvgIpc) is 2.18. The van der Waals surface area contributed by atoms with Crippen LogP contribution in [0, 0.1) is 5.82 Å². The first-order valence-corrected chi connectivity index (χ1v) is 4.60. The van der Waals surface area contributed by atoms with E-state index in [0.29, 0.717) is 17.9 Å². The standard InChI is InChI=1S/C11H12FNO2/c1-3-15-11(14)6-8(2)10-5-4-9(12)7-13-10/h4-7H,3H2,1-2H3. The van der Waals surface area contributed by atoms with Crippen LogP contribution in [0.1, 0.15) is 19.5 Å². The van der Waals surface area contributed by atoms with Crippen LogP contribution in [0.3, 0.4) is 0 Å². The van der Waals surface area contributed by atoms with Crippen LogP contribution >= 0.6 is 0 Å². The molecule has 4 heteroatoms. The summed E-state index contributed by atoms with van der Waals surface area (Å²) in [7, 11) is 0. The Balaban J connectivity index is 2.79. The number of hydrogen-bond acceptors (Lipinski definition) is 3. The number of ether oxygens (including phenoxy) is 1. The first-order chi connectivity index (χ1) is 7.13. The van der Waals surface area contributed by atoms with E-state index in [4.69, 9.17) is 4.74 Å². The summed E-state index contributed by atoms with van der Waals surface area (Å²) in [5, 5.41) is 0. The van der Waals surface area contributed by atoms with Gasteiger partial charge in [0.25, 0.3) is 0 Å². The van der Waals surface area contributed by atoms with Crippen LogP contribution in [0.2, 0.25) is 0 Å². The highest BCUT2D eigenvalue weighted by Gasteiger charge is 2.02. The van der Waals surface area contributed by atoms with Crippen molar-refractivity contribution >= 4 is 11.5 Å². The summed E-state index contributed by atoms with van der Waals surface area (Å²) in [6, 6.07) is 2.81. The molecule has 3 nitrogen and oxygen atoms in total. The number of esters is 1. The summed E-state index contributed by atoms with van der Waals surface area (Å²) < 4.78 is 17.3. The fourth-order valence-corrected chi connectivity index (χ4v) is 1.04. The second-order valence-corrected chi connectivity index (χ2v) is 2.94. The maximum Gasteiger partial charge on any atom is 0.331 e. The molecule has 0 unspecified atom stereocenters. The second kappa shape index (κ2) is 5.24. The zero-order valence-electron chi connectivity index (χ0n) is 8.66. The lowest BCUT2D eigenvalue weighted by Gasteiger charge is -2.00. The van der Waals surface area contributed by atoms with Gasteiger partial charge in [0.2, 0.25) is 0 Å². The van der Waals surface area contributed by atoms with Crippen molar-refractivity contribution in [1.82, 2.24) is 4.98 Å². The molecular weight excluding hydrogens is 197 g/mol. The van der Waals surface area contributed by atoms with Gasteiger partial charge in [-0.15, -0.1) is 0 Å². The number of halogens is 1. The monoisotopic (exact) mass is 209 g/mol. The van der Waals surface area contributed by atoms with Gasteiger partial charge in [0, 0.05) is 6.08 Å². The molecule has 0 saturated carbocycles. The van der Waals surface area contributed by atoms with E-state index < -0.39 is 11.8 Å². The highest BCUT2D eigenvalue weighted by atomic mass is 19.1. The van der Waals surface area contributed by atoms with Crippen LogP contribution in [-0.4, -0.2) is 17.6 Å². The average molecular weight is 209 g/mol. The molecule has 15 heavy (non-hydrogen) atoms. The Hall–Kier alpha value is -1.71. The number of carbonyl (C=O) groups excluding carboxylic acids is 1. The molecule has 0 N–H and O–H groups in total. The van der Waals surface area contributed by atoms with Crippen molar-refractivity contribution < 1.29 is 13.9 Å². The molecule has 1 rings (SSSR count). The molecule has 0 amide bonds. The lowest BCUT2D eigenvalue weighted by atomic mass is 10.2. The third kappa shape index (κ3) is 3.50. The van der Waals surface area contributed by atoms with Crippen LogP contribution in [0.15, 0.2) is 24.4 Å². The molecule has 0 bridgehead atoms. The van der Waals surface area contributed by atoms with E-state index in [1.54, 1.807) is 13.8 Å². The van der Waals surface area contributed by atoms with Crippen molar-refractivity contribution in [2.75, 3.05) is 6.61 Å². The number of aromatic nitrogens is 1. The molecule has 0 spiro atoms. The number of hydrogen-bond donors (Lipinski definition) is 0. The Morgan fingerprint density at radius 2 is 2.33 bits per heavy atom. The maximum absolute atomic E-state index is 12.6. The summed E-state index contributed by atoms with van der Waals surface area (Å²) in [5.74, 6) is -0.816. The molecule has 0 saturated heterocycles. The Bertz CT molecular complexity index is 371. The molecule has 1 aromatic rings. The normalized spacial score (nSPS) is 11.3. The maximum atomic E-state index is 12.6. The Kier molecular flexibility index (Phi) is 3.97. The summed E-state index contributed by atoms with van der Waals surface area (Å²) in [5.41, 5.74) is 1.21. The SMILES string of the molecule is CCOC(=O)C=C(C)c1ccc(F)cn1. The van der Waals surface area contributed by atoms with Crippen LogP contribution in [0.4, 0.5) is 4.39 Å². The van der Waals surface area contributed by atoms with Crippen molar-refractivity contribution in [3.8, 4) is 0 Å². The van der Waals surface area contributed by atoms with Gasteiger partial charge in [-0.3, -0.25) is 4.98 Å². The molecule has 0 aliphatic carbocycles. The van der Waals surface area contributed by atoms with Gasteiger partial charge < -0.3 is 4.74 Å². The highest BCUT2D eigenvalue weighted by molar-refractivity contribution is 5.90. The van der Waals surface area contributed by atoms with Crippen molar-refractivity contribution in [2.24, 2.45) is 0 Å². The van der Waals surface area contributed by atoms with Gasteiger partial charge in [-0.05, 0) is 31.6 Å². The molecule has 0 aliphatic heterocycles. The Morgan fingerprint density at radius 3 is 2.87 bits per heavy atom. The fraction of sp³-hybridized carbons (Fsp3) is 0.273. The van der Waals surface area contributed by atoms with E-state index in [1.807, 2.05) is 0 Å². The molecule has 0 aliphatic rings.